The number of nitrogens with zero attached hydrogens (tertiary/aromatic N) is 2. The molecule has 0 unspecified atom stereocenters. The number of anilines is 2. The molecule has 0 amide bonds. The van der Waals surface area contributed by atoms with Gasteiger partial charge in [0.1, 0.15) is 12.4 Å². The van der Waals surface area contributed by atoms with Crippen LogP contribution in [0.3, 0.4) is 0 Å². The first-order valence-electron chi connectivity index (χ1n) is 9.83. The lowest BCUT2D eigenvalue weighted by Gasteiger charge is -2.34. The zero-order chi connectivity index (χ0) is 25.6. The van der Waals surface area contributed by atoms with Crippen LogP contribution in [0.15, 0.2) is 30.3 Å². The van der Waals surface area contributed by atoms with Gasteiger partial charge in [0.15, 0.2) is 5.75 Å². The van der Waals surface area contributed by atoms with Gasteiger partial charge < -0.3 is 14.4 Å². The predicted molar refractivity (Wildman–Crippen MR) is 113 cm³/mol. The average molecular weight is 512 g/mol. The number of alkyl halides is 6. The summed E-state index contributed by atoms with van der Waals surface area (Å²) in [5, 5.41) is 0. The van der Waals surface area contributed by atoms with Crippen molar-refractivity contribution in [1.82, 2.24) is 4.90 Å². The van der Waals surface area contributed by atoms with E-state index in [0.717, 1.165) is 0 Å². The highest BCUT2D eigenvalue weighted by molar-refractivity contribution is 7.92. The first-order valence-corrected chi connectivity index (χ1v) is 11.7. The molecule has 0 spiro atoms. The van der Waals surface area contributed by atoms with Gasteiger partial charge in [0, 0.05) is 11.6 Å². The third-order valence-corrected chi connectivity index (χ3v) is 6.43. The number of benzene rings is 2. The fourth-order valence-electron chi connectivity index (χ4n) is 3.67. The van der Waals surface area contributed by atoms with E-state index in [4.69, 9.17) is 9.47 Å². The van der Waals surface area contributed by atoms with Gasteiger partial charge in [-0.15, -0.1) is 0 Å². The lowest BCUT2D eigenvalue weighted by atomic mass is 9.99. The number of methoxy groups -OCH3 is 1. The molecular weight excluding hydrogens is 490 g/mol. The topological polar surface area (TPSA) is 59.1 Å². The van der Waals surface area contributed by atoms with Gasteiger partial charge in [-0.05, 0) is 50.8 Å². The molecule has 0 aromatic heterocycles. The van der Waals surface area contributed by atoms with E-state index in [1.807, 2.05) is 4.90 Å². The Morgan fingerprint density at radius 2 is 1.56 bits per heavy atom. The molecule has 3 rings (SSSR count). The van der Waals surface area contributed by atoms with Crippen LogP contribution in [0, 0.1) is 0 Å². The Bertz CT molecular complexity index is 1150. The third-order valence-electron chi connectivity index (χ3n) is 5.36. The molecule has 2 aromatic rings. The van der Waals surface area contributed by atoms with Crippen LogP contribution in [0.25, 0.3) is 0 Å². The van der Waals surface area contributed by atoms with Crippen LogP contribution in [0.2, 0.25) is 0 Å². The van der Waals surface area contributed by atoms with Crippen molar-refractivity contribution in [1.29, 1.82) is 0 Å². The van der Waals surface area contributed by atoms with Crippen molar-refractivity contribution < 1.29 is 44.2 Å². The highest BCUT2D eigenvalue weighted by Gasteiger charge is 2.39. The summed E-state index contributed by atoms with van der Waals surface area (Å²) in [5.74, 6) is 0.354. The van der Waals surface area contributed by atoms with E-state index in [1.165, 1.54) is 19.2 Å². The first-order chi connectivity index (χ1) is 15.5. The van der Waals surface area contributed by atoms with Crippen LogP contribution < -0.4 is 13.8 Å². The molecule has 0 N–H and O–H groups in total. The maximum Gasteiger partial charge on any atom is 0.416 e. The Kier molecular flexibility index (Phi) is 6.74. The molecule has 1 heterocycles. The van der Waals surface area contributed by atoms with E-state index in [2.05, 4.69) is 0 Å². The molecule has 1 aliphatic rings. The maximum absolute atomic E-state index is 13.4. The summed E-state index contributed by atoms with van der Waals surface area (Å²) in [5.41, 5.74) is -3.87. The van der Waals surface area contributed by atoms with E-state index < -0.39 is 39.2 Å². The van der Waals surface area contributed by atoms with E-state index >= 15 is 0 Å². The molecule has 2 aromatic carbocycles. The molecule has 34 heavy (non-hydrogen) atoms. The SMILES string of the molecule is COc1ccc(N(c2cc(C(F)(F)F)cc(C(F)(F)F)c2)S(C)(=O)=O)c2c1C[C@@H](N(C)C)CO2. The molecule has 1 aliphatic heterocycles. The minimum absolute atomic E-state index is 0.00819. The van der Waals surface area contributed by atoms with Crippen molar-refractivity contribution in [2.24, 2.45) is 0 Å². The van der Waals surface area contributed by atoms with Crippen LogP contribution >= 0.6 is 0 Å². The van der Waals surface area contributed by atoms with Gasteiger partial charge in [0.05, 0.1) is 35.9 Å². The molecule has 0 fully saturated rings. The number of ether oxygens (including phenoxy) is 2. The van der Waals surface area contributed by atoms with Gasteiger partial charge in [-0.25, -0.2) is 12.7 Å². The van der Waals surface area contributed by atoms with Crippen LogP contribution in [0.1, 0.15) is 16.7 Å². The second kappa shape index (κ2) is 8.84. The summed E-state index contributed by atoms with van der Waals surface area (Å²) in [6.45, 7) is 0.119. The number of sulfonamides is 1. The molecule has 6 nitrogen and oxygen atoms in total. The van der Waals surface area contributed by atoms with Crippen molar-refractivity contribution in [3.05, 3.63) is 47.0 Å². The Morgan fingerprint density at radius 3 is 2.00 bits per heavy atom. The zero-order valence-corrected chi connectivity index (χ0v) is 19.4. The number of hydrogen-bond acceptors (Lipinski definition) is 5. The number of likely N-dealkylation sites (N-methyl/N-ethyl adjacent to an activating group) is 1. The smallest absolute Gasteiger partial charge is 0.416 e. The van der Waals surface area contributed by atoms with Crippen molar-refractivity contribution in [2.45, 2.75) is 24.8 Å². The number of rotatable bonds is 5. The van der Waals surface area contributed by atoms with Gasteiger partial charge in [-0.2, -0.15) is 26.3 Å². The quantitative estimate of drug-likeness (QED) is 0.544. The monoisotopic (exact) mass is 512 g/mol. The van der Waals surface area contributed by atoms with Crippen LogP contribution in [0.4, 0.5) is 37.7 Å². The largest absolute Gasteiger partial charge is 0.496 e. The summed E-state index contributed by atoms with van der Waals surface area (Å²) in [6, 6.07) is 3.16. The summed E-state index contributed by atoms with van der Waals surface area (Å²) in [4.78, 5) is 1.87. The fraction of sp³-hybridized carbons (Fsp3) is 0.429. The normalized spacial score (nSPS) is 16.7. The Balaban J connectivity index is 2.30. The van der Waals surface area contributed by atoms with Crippen LogP contribution in [-0.2, 0) is 28.8 Å². The lowest BCUT2D eigenvalue weighted by Crippen LogP contribution is -2.39. The van der Waals surface area contributed by atoms with Crippen molar-refractivity contribution in [3.63, 3.8) is 0 Å². The van der Waals surface area contributed by atoms with E-state index in [9.17, 15) is 34.8 Å². The Labute approximate surface area is 192 Å². The molecule has 0 bridgehead atoms. The van der Waals surface area contributed by atoms with E-state index in [0.29, 0.717) is 40.4 Å². The molecule has 13 heteroatoms. The van der Waals surface area contributed by atoms with Crippen molar-refractivity contribution in [2.75, 3.05) is 38.4 Å². The highest BCUT2D eigenvalue weighted by atomic mass is 32.2. The first kappa shape index (κ1) is 25.9. The average Bonchev–Trinajstić information content (AvgIpc) is 2.71. The summed E-state index contributed by atoms with van der Waals surface area (Å²) in [6.07, 6.45) is -9.25. The van der Waals surface area contributed by atoms with Crippen molar-refractivity contribution in [3.8, 4) is 11.5 Å². The molecule has 0 saturated carbocycles. The van der Waals surface area contributed by atoms with Gasteiger partial charge in [0.2, 0.25) is 10.0 Å². The molecule has 0 saturated heterocycles. The third kappa shape index (κ3) is 5.19. The maximum atomic E-state index is 13.4. The second-order valence-corrected chi connectivity index (χ2v) is 9.85. The molecule has 0 radical (unpaired) electrons. The van der Waals surface area contributed by atoms with Crippen molar-refractivity contribution >= 4 is 21.4 Å². The predicted octanol–water partition coefficient (Wildman–Crippen LogP) is 4.70. The second-order valence-electron chi connectivity index (χ2n) is 8.02. The molecule has 1 atom stereocenters. The molecule has 188 valence electrons. The standard InChI is InChI=1S/C21H22F6N2O4S/c1-28(2)15-10-16-18(32-3)6-5-17(19(16)33-11-15)29(34(4,30)31)14-8-12(20(22,23)24)7-13(9-14)21(25,26)27/h5-9,15H,10-11H2,1-4H3/t15-/m1/s1. The Hall–Kier alpha value is -2.67. The minimum atomic E-state index is -5.14. The van der Waals surface area contributed by atoms with E-state index in [-0.39, 0.29) is 30.2 Å². The van der Waals surface area contributed by atoms with Gasteiger partial charge >= 0.3 is 12.4 Å². The molecular formula is C21H22F6N2O4S. The highest BCUT2D eigenvalue weighted by Crippen LogP contribution is 2.46. The zero-order valence-electron chi connectivity index (χ0n) is 18.6. The van der Waals surface area contributed by atoms with Gasteiger partial charge in [-0.1, -0.05) is 0 Å². The summed E-state index contributed by atoms with van der Waals surface area (Å²) < 4.78 is 117. The number of hydrogen-bond donors (Lipinski definition) is 0. The number of fused-ring (bicyclic) bond motifs is 1. The fourth-order valence-corrected chi connectivity index (χ4v) is 4.66. The van der Waals surface area contributed by atoms with Gasteiger partial charge in [-0.3, -0.25) is 0 Å². The Morgan fingerprint density at radius 1 is 1.00 bits per heavy atom. The lowest BCUT2D eigenvalue weighted by molar-refractivity contribution is -0.143. The van der Waals surface area contributed by atoms with E-state index in [1.54, 1.807) is 14.1 Å². The number of halogens is 6. The summed E-state index contributed by atoms with van der Waals surface area (Å²) in [7, 11) is 0.579. The minimum Gasteiger partial charge on any atom is -0.496 e. The molecule has 0 aliphatic carbocycles. The summed E-state index contributed by atoms with van der Waals surface area (Å²) >= 11 is 0. The van der Waals surface area contributed by atoms with Gasteiger partial charge in [0.25, 0.3) is 0 Å². The van der Waals surface area contributed by atoms with Crippen LogP contribution in [0.5, 0.6) is 11.5 Å². The van der Waals surface area contributed by atoms with Crippen LogP contribution in [-0.4, -0.2) is 53.4 Å².